The number of aliphatic hydroxyl groups is 1. The second kappa shape index (κ2) is 9.25. The van der Waals surface area contributed by atoms with E-state index in [0.29, 0.717) is 10.4 Å². The van der Waals surface area contributed by atoms with Crippen LogP contribution < -0.4 is 16.3 Å². The van der Waals surface area contributed by atoms with Crippen LogP contribution in [0, 0.1) is 5.92 Å². The van der Waals surface area contributed by atoms with Gasteiger partial charge >= 0.3 is 6.18 Å². The number of hydrogen-bond donors (Lipinski definition) is 3. The number of halogens is 4. The van der Waals surface area contributed by atoms with Gasteiger partial charge in [-0.15, -0.1) is 0 Å². The van der Waals surface area contributed by atoms with Crippen molar-refractivity contribution in [3.05, 3.63) is 58.8 Å². The highest BCUT2D eigenvalue weighted by molar-refractivity contribution is 9.11. The zero-order valence-corrected chi connectivity index (χ0v) is 15.8. The molecule has 1 aromatic heterocycles. The highest BCUT2D eigenvalue weighted by atomic mass is 79.9. The molecule has 0 radical (unpaired) electrons. The molecule has 1 saturated carbocycles. The quantitative estimate of drug-likeness (QED) is 0.244. The van der Waals surface area contributed by atoms with Gasteiger partial charge < -0.3 is 20.6 Å². The van der Waals surface area contributed by atoms with E-state index in [1.807, 2.05) is 0 Å². The summed E-state index contributed by atoms with van der Waals surface area (Å²) in [6.45, 7) is 0.721. The van der Waals surface area contributed by atoms with Crippen LogP contribution in [0.3, 0.4) is 0 Å². The Morgan fingerprint density at radius 3 is 2.78 bits per heavy atom. The van der Waals surface area contributed by atoms with Gasteiger partial charge in [-0.1, -0.05) is 0 Å². The molecule has 0 aromatic carbocycles. The second-order valence-electron chi connectivity index (χ2n) is 5.96. The van der Waals surface area contributed by atoms with Gasteiger partial charge in [0.15, 0.2) is 11.9 Å². The molecule has 6 nitrogen and oxygen atoms in total. The minimum Gasteiger partial charge on any atom is -0.454 e. The summed E-state index contributed by atoms with van der Waals surface area (Å²) in [5.74, 6) is 6.30. The number of hydrogen-bond acceptors (Lipinski definition) is 6. The Morgan fingerprint density at radius 1 is 1.48 bits per heavy atom. The van der Waals surface area contributed by atoms with E-state index < -0.39 is 18.0 Å². The van der Waals surface area contributed by atoms with E-state index >= 15 is 0 Å². The van der Waals surface area contributed by atoms with Crippen molar-refractivity contribution < 1.29 is 23.0 Å². The molecule has 0 bridgehead atoms. The molecule has 1 atom stereocenters. The summed E-state index contributed by atoms with van der Waals surface area (Å²) in [6, 6.07) is 2.67. The van der Waals surface area contributed by atoms with E-state index in [1.165, 1.54) is 29.4 Å². The number of hydrazine groups is 1. The van der Waals surface area contributed by atoms with Crippen LogP contribution in [0.2, 0.25) is 0 Å². The van der Waals surface area contributed by atoms with Crippen molar-refractivity contribution in [2.45, 2.75) is 25.1 Å². The first-order valence-electron chi connectivity index (χ1n) is 8.07. The maximum atomic E-state index is 12.8. The van der Waals surface area contributed by atoms with Gasteiger partial charge in [0.05, 0.1) is 4.48 Å². The van der Waals surface area contributed by atoms with Crippen LogP contribution in [0.5, 0.6) is 5.75 Å². The molecule has 0 aliphatic heterocycles. The zero-order valence-electron chi connectivity index (χ0n) is 14.2. The smallest absolute Gasteiger partial charge is 0.420 e. The van der Waals surface area contributed by atoms with Gasteiger partial charge in [-0.25, -0.2) is 5.84 Å². The average molecular weight is 449 g/mol. The summed E-state index contributed by atoms with van der Waals surface area (Å²) in [6.07, 6.45) is 1.66. The molecule has 27 heavy (non-hydrogen) atoms. The lowest BCUT2D eigenvalue weighted by molar-refractivity contribution is -0.208. The van der Waals surface area contributed by atoms with Crippen molar-refractivity contribution in [2.24, 2.45) is 17.5 Å². The van der Waals surface area contributed by atoms with Crippen LogP contribution in [-0.4, -0.2) is 27.8 Å². The lowest BCUT2D eigenvalue weighted by Gasteiger charge is -2.18. The summed E-state index contributed by atoms with van der Waals surface area (Å²) in [5.41, 5.74) is 4.82. The van der Waals surface area contributed by atoms with Crippen molar-refractivity contribution in [3.8, 4) is 5.75 Å². The van der Waals surface area contributed by atoms with Crippen molar-refractivity contribution >= 4 is 15.9 Å². The molecule has 1 fully saturated rings. The second-order valence-corrected chi connectivity index (χ2v) is 6.81. The number of rotatable bonds is 8. The largest absolute Gasteiger partial charge is 0.454 e. The van der Waals surface area contributed by atoms with Gasteiger partial charge in [-0.3, -0.25) is 4.98 Å². The zero-order chi connectivity index (χ0) is 20.0. The molecule has 5 N–H and O–H groups in total. The predicted molar refractivity (Wildman–Crippen MR) is 97.9 cm³/mol. The van der Waals surface area contributed by atoms with Gasteiger partial charge in [0, 0.05) is 25.1 Å². The summed E-state index contributed by atoms with van der Waals surface area (Å²) >= 11 is 3.18. The first kappa shape index (κ1) is 21.3. The lowest BCUT2D eigenvalue weighted by atomic mass is 10.2. The predicted octanol–water partition coefficient (Wildman–Crippen LogP) is 3.23. The Hall–Kier alpha value is -2.04. The molecular formula is C17H20BrF3N4O2. The fourth-order valence-corrected chi connectivity index (χ4v) is 2.33. The normalized spacial score (nSPS) is 17.3. The van der Waals surface area contributed by atoms with Crippen LogP contribution >= 0.6 is 15.9 Å². The van der Waals surface area contributed by atoms with Gasteiger partial charge in [0.25, 0.3) is 0 Å². The summed E-state index contributed by atoms with van der Waals surface area (Å²) in [4.78, 5) is 3.60. The first-order chi connectivity index (χ1) is 12.7. The van der Waals surface area contributed by atoms with Gasteiger partial charge in [-0.05, 0) is 59.0 Å². The SMILES string of the molecule is N/C=C(Br)/C(=C\C=C\N(N)CC1CC1)Oc1cccnc1C(O)C(F)(F)F. The van der Waals surface area contributed by atoms with Gasteiger partial charge in [0.1, 0.15) is 11.5 Å². The van der Waals surface area contributed by atoms with Gasteiger partial charge in [0.2, 0.25) is 0 Å². The molecule has 0 saturated heterocycles. The van der Waals surface area contributed by atoms with Gasteiger partial charge in [-0.2, -0.15) is 13.2 Å². The molecule has 1 aromatic rings. The van der Waals surface area contributed by atoms with E-state index in [0.717, 1.165) is 25.6 Å². The minimum atomic E-state index is -4.87. The first-order valence-corrected chi connectivity index (χ1v) is 8.86. The van der Waals surface area contributed by atoms with Crippen molar-refractivity contribution in [3.63, 3.8) is 0 Å². The van der Waals surface area contributed by atoms with Crippen LogP contribution in [0.15, 0.2) is 53.1 Å². The molecule has 1 unspecified atom stereocenters. The number of aromatic nitrogens is 1. The Labute approximate surface area is 163 Å². The van der Waals surface area contributed by atoms with Crippen LogP contribution in [0.25, 0.3) is 0 Å². The third-order valence-electron chi connectivity index (χ3n) is 3.66. The number of pyridine rings is 1. The molecule has 1 aliphatic carbocycles. The van der Waals surface area contributed by atoms with E-state index in [9.17, 15) is 18.3 Å². The minimum absolute atomic E-state index is 0.122. The molecule has 0 spiro atoms. The fraction of sp³-hybridized carbons (Fsp3) is 0.353. The molecule has 1 aliphatic rings. The number of allylic oxidation sites excluding steroid dienone is 3. The number of nitrogens with zero attached hydrogens (tertiary/aromatic N) is 2. The Bertz CT molecular complexity index is 733. The maximum absolute atomic E-state index is 12.8. The summed E-state index contributed by atoms with van der Waals surface area (Å²) in [5, 5.41) is 11.0. The third-order valence-corrected chi connectivity index (χ3v) is 4.32. The number of aliphatic hydroxyl groups excluding tert-OH is 1. The topological polar surface area (TPSA) is 97.6 Å². The maximum Gasteiger partial charge on any atom is 0.420 e. The van der Waals surface area contributed by atoms with Crippen molar-refractivity contribution in [2.75, 3.05) is 6.54 Å². The molecular weight excluding hydrogens is 429 g/mol. The van der Waals surface area contributed by atoms with Crippen LogP contribution in [0.1, 0.15) is 24.6 Å². The molecule has 1 heterocycles. The fourth-order valence-electron chi connectivity index (χ4n) is 2.11. The molecule has 148 valence electrons. The van der Waals surface area contributed by atoms with Crippen molar-refractivity contribution in [1.29, 1.82) is 0 Å². The molecule has 2 rings (SSSR count). The molecule has 0 amide bonds. The Kier molecular flexibility index (Phi) is 7.28. The van der Waals surface area contributed by atoms with E-state index in [4.69, 9.17) is 16.3 Å². The number of alkyl halides is 3. The van der Waals surface area contributed by atoms with E-state index in [2.05, 4.69) is 20.9 Å². The Morgan fingerprint density at radius 2 is 2.19 bits per heavy atom. The summed E-state index contributed by atoms with van der Waals surface area (Å²) < 4.78 is 44.4. The van der Waals surface area contributed by atoms with E-state index in [-0.39, 0.29) is 11.5 Å². The standard InChI is InChI=1S/C17H20BrF3N4O2/c18-12(9-22)13(4-2-8-25(23)10-11-5-6-11)27-14-3-1-7-24-15(14)16(26)17(19,20)21/h1-4,7-9,11,16,26H,5-6,10,22-23H2/b8-2+,12-9-,13-4+. The number of nitrogens with two attached hydrogens (primary N) is 2. The third kappa shape index (κ3) is 6.56. The number of ether oxygens (including phenoxy) is 1. The lowest BCUT2D eigenvalue weighted by Crippen LogP contribution is -2.26. The van der Waals surface area contributed by atoms with Crippen LogP contribution in [0.4, 0.5) is 13.2 Å². The Balaban J connectivity index is 2.21. The van der Waals surface area contributed by atoms with Crippen molar-refractivity contribution in [1.82, 2.24) is 9.99 Å². The summed E-state index contributed by atoms with van der Waals surface area (Å²) in [7, 11) is 0. The van der Waals surface area contributed by atoms with E-state index in [1.54, 1.807) is 12.3 Å². The molecule has 10 heteroatoms. The highest BCUT2D eigenvalue weighted by Crippen LogP contribution is 2.37. The van der Waals surface area contributed by atoms with Crippen LogP contribution in [-0.2, 0) is 0 Å². The average Bonchev–Trinajstić information content (AvgIpc) is 3.43. The highest BCUT2D eigenvalue weighted by Gasteiger charge is 2.42. The monoisotopic (exact) mass is 448 g/mol.